The van der Waals surface area contributed by atoms with Crippen molar-refractivity contribution in [3.8, 4) is 11.5 Å². The molecule has 2 amide bonds. The number of benzene rings is 3. The zero-order chi connectivity index (χ0) is 24.3. The number of anilines is 1. The average Bonchev–Trinajstić information content (AvgIpc) is 2.84. The molecule has 0 bridgehead atoms. The normalized spacial score (nSPS) is 10.8. The Bertz CT molecular complexity index is 1240. The molecule has 0 spiro atoms. The molecule has 3 aromatic carbocycles. The fraction of sp³-hybridized carbons (Fsp3) is 0.0769. The molecule has 2 N–H and O–H groups in total. The number of hydrogen-bond donors (Lipinski definition) is 2. The predicted molar refractivity (Wildman–Crippen MR) is 130 cm³/mol. The number of ether oxygens (including phenoxy) is 2. The molecule has 0 atom stereocenters. The molecule has 0 heterocycles. The van der Waals surface area contributed by atoms with Gasteiger partial charge in [0, 0.05) is 11.8 Å². The summed E-state index contributed by atoms with van der Waals surface area (Å²) < 4.78 is 10.6. The Morgan fingerprint density at radius 3 is 2.38 bits per heavy atom. The number of methoxy groups -OCH3 is 1. The fourth-order valence-electron chi connectivity index (χ4n) is 2.85. The van der Waals surface area contributed by atoms with Gasteiger partial charge < -0.3 is 14.8 Å². The highest BCUT2D eigenvalue weighted by molar-refractivity contribution is 6.39. The maximum Gasteiger partial charge on any atom is 0.336 e. The molecular weight excluding hydrogens is 434 g/mol. The third kappa shape index (κ3) is 7.16. The fourth-order valence-corrected chi connectivity index (χ4v) is 2.85. The molecule has 0 aliphatic carbocycles. The number of amides is 2. The Kier molecular flexibility index (Phi) is 8.29. The lowest BCUT2D eigenvalue weighted by Crippen LogP contribution is -2.32. The molecule has 0 unspecified atom stereocenters. The van der Waals surface area contributed by atoms with Gasteiger partial charge in [0.05, 0.1) is 13.3 Å². The van der Waals surface area contributed by atoms with E-state index in [2.05, 4.69) is 15.8 Å². The van der Waals surface area contributed by atoms with Crippen molar-refractivity contribution < 1.29 is 23.9 Å². The first-order valence-electron chi connectivity index (χ1n) is 10.3. The third-order valence-corrected chi connectivity index (χ3v) is 4.47. The van der Waals surface area contributed by atoms with E-state index in [1.54, 1.807) is 42.5 Å². The number of nitrogens with one attached hydrogen (secondary N) is 2. The van der Waals surface area contributed by atoms with E-state index in [9.17, 15) is 14.4 Å². The molecule has 0 fully saturated rings. The number of hydrogen-bond acceptors (Lipinski definition) is 6. The highest BCUT2D eigenvalue weighted by Gasteiger charge is 2.13. The standard InChI is InChI=1S/C26H23N3O5/c1-18-7-6-10-21(15-18)28-25(31)26(32)29-27-17-20-11-13-22(23(16-20)33-2)34-24(30)14-12-19-8-4-3-5-9-19/h3-17H,1-2H3,(H,28,31)(H,29,32). The van der Waals surface area contributed by atoms with Crippen LogP contribution in [0.5, 0.6) is 11.5 Å². The monoisotopic (exact) mass is 457 g/mol. The molecule has 34 heavy (non-hydrogen) atoms. The number of hydrazone groups is 1. The van der Waals surface area contributed by atoms with Crippen LogP contribution in [-0.4, -0.2) is 31.1 Å². The molecular formula is C26H23N3O5. The topological polar surface area (TPSA) is 106 Å². The minimum absolute atomic E-state index is 0.226. The van der Waals surface area contributed by atoms with Gasteiger partial charge in [0.25, 0.3) is 0 Å². The van der Waals surface area contributed by atoms with E-state index in [1.165, 1.54) is 19.4 Å². The summed E-state index contributed by atoms with van der Waals surface area (Å²) in [5, 5.41) is 6.29. The SMILES string of the molecule is COc1cc(C=NNC(=O)C(=O)Nc2cccc(C)c2)ccc1OC(=O)C=Cc1ccccc1. The number of nitrogens with zero attached hydrogens (tertiary/aromatic N) is 1. The lowest BCUT2D eigenvalue weighted by atomic mass is 10.2. The van der Waals surface area contributed by atoms with Gasteiger partial charge in [-0.15, -0.1) is 0 Å². The molecule has 0 saturated carbocycles. The summed E-state index contributed by atoms with van der Waals surface area (Å²) in [6.45, 7) is 1.88. The van der Waals surface area contributed by atoms with Gasteiger partial charge in [-0.1, -0.05) is 42.5 Å². The first-order valence-corrected chi connectivity index (χ1v) is 10.3. The van der Waals surface area contributed by atoms with E-state index < -0.39 is 17.8 Å². The van der Waals surface area contributed by atoms with Crippen molar-refractivity contribution in [2.75, 3.05) is 12.4 Å². The van der Waals surface area contributed by atoms with Crippen molar-refractivity contribution >= 4 is 35.8 Å². The quantitative estimate of drug-likeness (QED) is 0.141. The molecule has 0 radical (unpaired) electrons. The largest absolute Gasteiger partial charge is 0.493 e. The van der Waals surface area contributed by atoms with Crippen LogP contribution in [0.3, 0.4) is 0 Å². The number of rotatable bonds is 7. The summed E-state index contributed by atoms with van der Waals surface area (Å²) in [6, 6.07) is 21.2. The van der Waals surface area contributed by atoms with Crippen molar-refractivity contribution in [1.82, 2.24) is 5.43 Å². The molecule has 8 nitrogen and oxygen atoms in total. The van der Waals surface area contributed by atoms with Gasteiger partial charge in [0.15, 0.2) is 11.5 Å². The van der Waals surface area contributed by atoms with Crippen LogP contribution >= 0.6 is 0 Å². The van der Waals surface area contributed by atoms with Crippen molar-refractivity contribution in [3.05, 3.63) is 95.6 Å². The zero-order valence-electron chi connectivity index (χ0n) is 18.6. The smallest absolute Gasteiger partial charge is 0.336 e. The van der Waals surface area contributed by atoms with E-state index in [-0.39, 0.29) is 5.75 Å². The lowest BCUT2D eigenvalue weighted by molar-refractivity contribution is -0.136. The maximum atomic E-state index is 12.1. The number of carbonyl (C=O) groups is 3. The number of carbonyl (C=O) groups excluding carboxylic acids is 3. The van der Waals surface area contributed by atoms with Crippen LogP contribution in [0.25, 0.3) is 6.08 Å². The van der Waals surface area contributed by atoms with Crippen LogP contribution in [0.4, 0.5) is 5.69 Å². The lowest BCUT2D eigenvalue weighted by Gasteiger charge is -2.08. The van der Waals surface area contributed by atoms with E-state index >= 15 is 0 Å². The summed E-state index contributed by atoms with van der Waals surface area (Å²) in [6.07, 6.45) is 4.30. The molecule has 0 saturated heterocycles. The molecule has 172 valence electrons. The van der Waals surface area contributed by atoms with Gasteiger partial charge >= 0.3 is 17.8 Å². The van der Waals surface area contributed by atoms with Crippen LogP contribution < -0.4 is 20.2 Å². The van der Waals surface area contributed by atoms with Gasteiger partial charge in [-0.25, -0.2) is 10.2 Å². The summed E-state index contributed by atoms with van der Waals surface area (Å²) in [7, 11) is 1.44. The van der Waals surface area contributed by atoms with E-state index in [1.807, 2.05) is 43.3 Å². The second-order valence-corrected chi connectivity index (χ2v) is 7.10. The molecule has 0 aliphatic heterocycles. The van der Waals surface area contributed by atoms with Gasteiger partial charge in [0.1, 0.15) is 0 Å². The minimum Gasteiger partial charge on any atom is -0.493 e. The zero-order valence-corrected chi connectivity index (χ0v) is 18.6. The Morgan fingerprint density at radius 2 is 1.65 bits per heavy atom. The van der Waals surface area contributed by atoms with Crippen molar-refractivity contribution in [3.63, 3.8) is 0 Å². The summed E-state index contributed by atoms with van der Waals surface area (Å²) in [5.74, 6) is -1.79. The van der Waals surface area contributed by atoms with Crippen molar-refractivity contribution in [1.29, 1.82) is 0 Å². The second kappa shape index (κ2) is 11.8. The van der Waals surface area contributed by atoms with E-state index in [0.717, 1.165) is 11.1 Å². The third-order valence-electron chi connectivity index (χ3n) is 4.47. The van der Waals surface area contributed by atoms with Gasteiger partial charge in [0.2, 0.25) is 0 Å². The number of esters is 1. The average molecular weight is 457 g/mol. The van der Waals surface area contributed by atoms with E-state index in [0.29, 0.717) is 17.0 Å². The first-order chi connectivity index (χ1) is 16.4. The van der Waals surface area contributed by atoms with E-state index in [4.69, 9.17) is 9.47 Å². The number of aryl methyl sites for hydroxylation is 1. The second-order valence-electron chi connectivity index (χ2n) is 7.10. The predicted octanol–water partition coefficient (Wildman–Crippen LogP) is 3.71. The molecule has 0 aliphatic rings. The first kappa shape index (κ1) is 23.9. The Hall–Kier alpha value is -4.72. The van der Waals surface area contributed by atoms with Gasteiger partial charge in [-0.05, 0) is 60.0 Å². The highest BCUT2D eigenvalue weighted by Crippen LogP contribution is 2.27. The Balaban J connectivity index is 1.57. The minimum atomic E-state index is -0.916. The molecule has 3 rings (SSSR count). The van der Waals surface area contributed by atoms with Crippen LogP contribution in [0.15, 0.2) is 84.0 Å². The van der Waals surface area contributed by atoms with Crippen LogP contribution in [0, 0.1) is 6.92 Å². The molecule has 3 aromatic rings. The summed E-state index contributed by atoms with van der Waals surface area (Å²) in [5.41, 5.74) is 5.05. The van der Waals surface area contributed by atoms with Gasteiger partial charge in [-0.3, -0.25) is 9.59 Å². The Labute approximate surface area is 196 Å². The highest BCUT2D eigenvalue weighted by atomic mass is 16.6. The maximum absolute atomic E-state index is 12.1. The van der Waals surface area contributed by atoms with Crippen LogP contribution in [0.1, 0.15) is 16.7 Å². The van der Waals surface area contributed by atoms with Crippen molar-refractivity contribution in [2.24, 2.45) is 5.10 Å². The van der Waals surface area contributed by atoms with Crippen LogP contribution in [0.2, 0.25) is 0 Å². The summed E-state index contributed by atoms with van der Waals surface area (Å²) >= 11 is 0. The summed E-state index contributed by atoms with van der Waals surface area (Å²) in [4.78, 5) is 36.1. The Morgan fingerprint density at radius 1 is 0.853 bits per heavy atom. The molecule has 8 heteroatoms. The molecule has 0 aromatic heterocycles. The van der Waals surface area contributed by atoms with Gasteiger partial charge in [-0.2, -0.15) is 5.10 Å². The van der Waals surface area contributed by atoms with Crippen molar-refractivity contribution in [2.45, 2.75) is 6.92 Å². The van der Waals surface area contributed by atoms with Crippen LogP contribution in [-0.2, 0) is 14.4 Å².